The molecule has 0 aliphatic carbocycles. The number of rotatable bonds is 7. The molecule has 116 valence electrons. The number of aliphatic hydroxyl groups excluding tert-OH is 1. The molecule has 0 saturated heterocycles. The molecule has 0 aromatic carbocycles. The van der Waals surface area contributed by atoms with Gasteiger partial charge in [-0.05, 0) is 19.8 Å². The number of nitrogens with zero attached hydrogens (tertiary/aromatic N) is 1. The molecule has 0 fully saturated rings. The molecule has 4 N–H and O–H groups in total. The van der Waals surface area contributed by atoms with Gasteiger partial charge in [0.15, 0.2) is 0 Å². The summed E-state index contributed by atoms with van der Waals surface area (Å²) in [4.78, 5) is 35.0. The average Bonchev–Trinajstić information content (AvgIpc) is 2.30. The molecule has 0 rings (SSSR count). The first-order valence-electron chi connectivity index (χ1n) is 6.28. The van der Waals surface area contributed by atoms with Crippen LogP contribution in [-0.2, 0) is 9.59 Å². The molecule has 3 unspecified atom stereocenters. The van der Waals surface area contributed by atoms with Crippen LogP contribution in [0.25, 0.3) is 0 Å². The van der Waals surface area contributed by atoms with Gasteiger partial charge in [0.1, 0.15) is 12.1 Å². The molecule has 3 atom stereocenters. The third-order valence-corrected chi connectivity index (χ3v) is 2.78. The summed E-state index contributed by atoms with van der Waals surface area (Å²) in [6, 6.07) is -2.22. The minimum atomic E-state index is -1.36. The van der Waals surface area contributed by atoms with Gasteiger partial charge in [0, 0.05) is 6.54 Å². The topological polar surface area (TPSA) is 127 Å². The summed E-state index contributed by atoms with van der Waals surface area (Å²) in [6.07, 6.45) is -2.28. The monoisotopic (exact) mass is 290 g/mol. The van der Waals surface area contributed by atoms with Gasteiger partial charge < -0.3 is 25.5 Å². The summed E-state index contributed by atoms with van der Waals surface area (Å²) in [6.45, 7) is 5.83. The zero-order valence-electron chi connectivity index (χ0n) is 12.0. The Hall–Kier alpha value is -1.83. The van der Waals surface area contributed by atoms with E-state index in [0.29, 0.717) is 0 Å². The molecular weight excluding hydrogens is 268 g/mol. The van der Waals surface area contributed by atoms with Gasteiger partial charge in [-0.1, -0.05) is 13.8 Å². The van der Waals surface area contributed by atoms with Crippen LogP contribution in [0.2, 0.25) is 0 Å². The highest BCUT2D eigenvalue weighted by Crippen LogP contribution is 2.11. The summed E-state index contributed by atoms with van der Waals surface area (Å²) in [7, 11) is 0. The van der Waals surface area contributed by atoms with E-state index in [4.69, 9.17) is 10.2 Å². The SMILES string of the molecule is CC(O)CN(C(=O)C(NC(=O)O)C(C)C)C(C)C(=O)O. The Morgan fingerprint density at radius 1 is 1.10 bits per heavy atom. The number of carboxylic acid groups (broad SMARTS) is 2. The Balaban J connectivity index is 5.25. The molecule has 0 heterocycles. The molecule has 0 aromatic rings. The van der Waals surface area contributed by atoms with Crippen LogP contribution in [0, 0.1) is 5.92 Å². The highest BCUT2D eigenvalue weighted by Gasteiger charge is 2.34. The molecular formula is C12H22N2O6. The summed E-state index contributed by atoms with van der Waals surface area (Å²) in [5.41, 5.74) is 0. The number of nitrogens with one attached hydrogen (secondary N) is 1. The van der Waals surface area contributed by atoms with Crippen molar-refractivity contribution in [2.45, 2.75) is 45.9 Å². The highest BCUT2D eigenvalue weighted by molar-refractivity contribution is 5.89. The van der Waals surface area contributed by atoms with E-state index in [2.05, 4.69) is 5.32 Å². The summed E-state index contributed by atoms with van der Waals surface area (Å²) < 4.78 is 0. The lowest BCUT2D eigenvalue weighted by molar-refractivity contribution is -0.151. The number of carboxylic acids is 1. The van der Waals surface area contributed by atoms with Crippen molar-refractivity contribution in [1.82, 2.24) is 10.2 Å². The molecule has 0 aliphatic rings. The summed E-state index contributed by atoms with van der Waals surface area (Å²) in [5.74, 6) is -2.24. The third kappa shape index (κ3) is 5.43. The van der Waals surface area contributed by atoms with Crippen molar-refractivity contribution in [2.75, 3.05) is 6.54 Å². The number of carbonyl (C=O) groups is 3. The fraction of sp³-hybridized carbons (Fsp3) is 0.750. The Bertz CT molecular complexity index is 369. The molecule has 0 saturated carbocycles. The number of aliphatic carboxylic acids is 1. The lowest BCUT2D eigenvalue weighted by atomic mass is 10.0. The van der Waals surface area contributed by atoms with Crippen molar-refractivity contribution in [1.29, 1.82) is 0 Å². The number of carbonyl (C=O) groups excluding carboxylic acids is 1. The fourth-order valence-electron chi connectivity index (χ4n) is 1.68. The normalized spacial score (nSPS) is 15.3. The first-order chi connectivity index (χ1) is 9.07. The molecule has 0 radical (unpaired) electrons. The molecule has 8 nitrogen and oxygen atoms in total. The molecule has 2 amide bonds. The number of hydrogen-bond donors (Lipinski definition) is 4. The quantitative estimate of drug-likeness (QED) is 0.521. The van der Waals surface area contributed by atoms with Crippen LogP contribution in [0.3, 0.4) is 0 Å². The lowest BCUT2D eigenvalue weighted by Crippen LogP contribution is -2.56. The largest absolute Gasteiger partial charge is 0.480 e. The maximum absolute atomic E-state index is 12.3. The molecule has 0 aliphatic heterocycles. The maximum atomic E-state index is 12.3. The zero-order chi connectivity index (χ0) is 16.0. The van der Waals surface area contributed by atoms with E-state index in [-0.39, 0.29) is 12.5 Å². The molecule has 20 heavy (non-hydrogen) atoms. The number of hydrogen-bond acceptors (Lipinski definition) is 4. The van der Waals surface area contributed by atoms with Gasteiger partial charge in [0.2, 0.25) is 5.91 Å². The second-order valence-electron chi connectivity index (χ2n) is 5.03. The van der Waals surface area contributed by atoms with Crippen molar-refractivity contribution in [3.05, 3.63) is 0 Å². The molecule has 8 heteroatoms. The number of aliphatic hydroxyl groups is 1. The van der Waals surface area contributed by atoms with Crippen molar-refractivity contribution < 1.29 is 29.7 Å². The van der Waals surface area contributed by atoms with E-state index in [1.807, 2.05) is 0 Å². The van der Waals surface area contributed by atoms with Gasteiger partial charge in [-0.25, -0.2) is 9.59 Å². The third-order valence-electron chi connectivity index (χ3n) is 2.78. The van der Waals surface area contributed by atoms with E-state index >= 15 is 0 Å². The van der Waals surface area contributed by atoms with Crippen LogP contribution in [-0.4, -0.2) is 62.9 Å². The highest BCUT2D eigenvalue weighted by atomic mass is 16.4. The summed E-state index contributed by atoms with van der Waals surface area (Å²) >= 11 is 0. The second-order valence-corrected chi connectivity index (χ2v) is 5.03. The molecule has 0 bridgehead atoms. The smallest absolute Gasteiger partial charge is 0.405 e. The van der Waals surface area contributed by atoms with Gasteiger partial charge in [-0.3, -0.25) is 4.79 Å². The van der Waals surface area contributed by atoms with E-state index in [9.17, 15) is 19.5 Å². The van der Waals surface area contributed by atoms with Gasteiger partial charge in [0.25, 0.3) is 0 Å². The molecule has 0 aromatic heterocycles. The Kier molecular flexibility index (Phi) is 6.98. The van der Waals surface area contributed by atoms with Crippen LogP contribution in [0.15, 0.2) is 0 Å². The second kappa shape index (κ2) is 7.68. The van der Waals surface area contributed by atoms with Crippen molar-refractivity contribution in [2.24, 2.45) is 5.92 Å². The van der Waals surface area contributed by atoms with Crippen molar-refractivity contribution in [3.63, 3.8) is 0 Å². The predicted molar refractivity (Wildman–Crippen MR) is 70.3 cm³/mol. The predicted octanol–water partition coefficient (Wildman–Crippen LogP) is -0.0389. The number of amides is 2. The van der Waals surface area contributed by atoms with Crippen LogP contribution < -0.4 is 5.32 Å². The van der Waals surface area contributed by atoms with Gasteiger partial charge in [-0.15, -0.1) is 0 Å². The first kappa shape index (κ1) is 18.2. The van der Waals surface area contributed by atoms with Gasteiger partial charge in [0.05, 0.1) is 6.10 Å². The Labute approximate surface area is 117 Å². The minimum absolute atomic E-state index is 0.184. The maximum Gasteiger partial charge on any atom is 0.405 e. The van der Waals surface area contributed by atoms with E-state index < -0.39 is 36.2 Å². The minimum Gasteiger partial charge on any atom is -0.480 e. The van der Waals surface area contributed by atoms with E-state index in [1.54, 1.807) is 13.8 Å². The van der Waals surface area contributed by atoms with Crippen molar-refractivity contribution in [3.8, 4) is 0 Å². The van der Waals surface area contributed by atoms with E-state index in [1.165, 1.54) is 13.8 Å². The zero-order valence-corrected chi connectivity index (χ0v) is 12.0. The van der Waals surface area contributed by atoms with Gasteiger partial charge >= 0.3 is 12.1 Å². The standard InChI is InChI=1S/C12H22N2O6/c1-6(2)9(13-12(19)20)10(16)14(5-7(3)15)8(4)11(17)18/h6-9,13,15H,5H2,1-4H3,(H,17,18)(H,19,20). The average molecular weight is 290 g/mol. The van der Waals surface area contributed by atoms with Crippen LogP contribution in [0.4, 0.5) is 4.79 Å². The van der Waals surface area contributed by atoms with E-state index in [0.717, 1.165) is 4.90 Å². The van der Waals surface area contributed by atoms with Crippen LogP contribution in [0.5, 0.6) is 0 Å². The first-order valence-corrected chi connectivity index (χ1v) is 6.28. The Morgan fingerprint density at radius 2 is 1.60 bits per heavy atom. The van der Waals surface area contributed by atoms with Gasteiger partial charge in [-0.2, -0.15) is 0 Å². The fourth-order valence-corrected chi connectivity index (χ4v) is 1.68. The van der Waals surface area contributed by atoms with Crippen molar-refractivity contribution >= 4 is 18.0 Å². The molecule has 0 spiro atoms. The lowest BCUT2D eigenvalue weighted by Gasteiger charge is -2.32. The van der Waals surface area contributed by atoms with Crippen LogP contribution >= 0.6 is 0 Å². The Morgan fingerprint density at radius 3 is 1.90 bits per heavy atom. The summed E-state index contributed by atoms with van der Waals surface area (Å²) in [5, 5.41) is 29.2. The van der Waals surface area contributed by atoms with Crippen LogP contribution in [0.1, 0.15) is 27.7 Å².